The van der Waals surface area contributed by atoms with Gasteiger partial charge in [0.1, 0.15) is 5.82 Å². The summed E-state index contributed by atoms with van der Waals surface area (Å²) >= 11 is 5.87. The van der Waals surface area contributed by atoms with E-state index in [1.54, 1.807) is 6.20 Å². The number of halogens is 1. The quantitative estimate of drug-likeness (QED) is 0.783. The second-order valence-electron chi connectivity index (χ2n) is 5.30. The minimum absolute atomic E-state index is 0.642. The van der Waals surface area contributed by atoms with Crippen LogP contribution in [-0.4, -0.2) is 48.6 Å². The first-order valence-corrected chi connectivity index (χ1v) is 7.71. The molecule has 0 fully saturated rings. The minimum atomic E-state index is 0.642. The lowest BCUT2D eigenvalue weighted by Crippen LogP contribution is -2.21. The molecular weight excluding hydrogens is 298 g/mol. The van der Waals surface area contributed by atoms with Crippen molar-refractivity contribution in [2.24, 2.45) is 0 Å². The molecule has 0 atom stereocenters. The Morgan fingerprint density at radius 3 is 2.55 bits per heavy atom. The topological polar surface area (TPSA) is 53.1 Å². The van der Waals surface area contributed by atoms with E-state index >= 15 is 0 Å². The number of benzene rings is 1. The molecule has 22 heavy (non-hydrogen) atoms. The van der Waals surface area contributed by atoms with Gasteiger partial charge in [0.2, 0.25) is 5.95 Å². The minimum Gasteiger partial charge on any atom is -0.369 e. The zero-order chi connectivity index (χ0) is 15.8. The molecule has 0 radical (unpaired) electrons. The summed E-state index contributed by atoms with van der Waals surface area (Å²) in [6, 6.07) is 9.75. The molecule has 1 aromatic heterocycles. The van der Waals surface area contributed by atoms with Gasteiger partial charge in [0.25, 0.3) is 0 Å². The van der Waals surface area contributed by atoms with E-state index in [-0.39, 0.29) is 0 Å². The van der Waals surface area contributed by atoms with Crippen LogP contribution in [0.3, 0.4) is 0 Å². The molecule has 2 rings (SSSR count). The Kier molecular flexibility index (Phi) is 6.43. The zero-order valence-electron chi connectivity index (χ0n) is 13.0. The molecular formula is C16H22ClN5. The predicted octanol–water partition coefficient (Wildman–Crippen LogP) is 2.76. The molecule has 0 amide bonds. The maximum absolute atomic E-state index is 5.87. The summed E-state index contributed by atoms with van der Waals surface area (Å²) in [5.41, 5.74) is 1.23. The summed E-state index contributed by atoms with van der Waals surface area (Å²) in [6.07, 6.45) is 2.66. The number of hydrogen-bond donors (Lipinski definition) is 2. The summed E-state index contributed by atoms with van der Waals surface area (Å²) in [5, 5.41) is 7.29. The Balaban J connectivity index is 1.78. The van der Waals surface area contributed by atoms with Crippen molar-refractivity contribution in [1.82, 2.24) is 14.9 Å². The van der Waals surface area contributed by atoms with Crippen molar-refractivity contribution in [2.75, 3.05) is 44.4 Å². The molecule has 0 saturated heterocycles. The molecule has 0 saturated carbocycles. The average molecular weight is 320 g/mol. The first-order valence-electron chi connectivity index (χ1n) is 7.33. The van der Waals surface area contributed by atoms with Crippen LogP contribution in [-0.2, 0) is 6.42 Å². The Morgan fingerprint density at radius 2 is 1.82 bits per heavy atom. The highest BCUT2D eigenvalue weighted by Gasteiger charge is 2.00. The van der Waals surface area contributed by atoms with Crippen LogP contribution in [0, 0.1) is 0 Å². The highest BCUT2D eigenvalue weighted by Crippen LogP contribution is 2.10. The van der Waals surface area contributed by atoms with Crippen LogP contribution < -0.4 is 10.6 Å². The fourth-order valence-electron chi connectivity index (χ4n) is 1.92. The third kappa shape index (κ3) is 5.87. The van der Waals surface area contributed by atoms with Crippen LogP contribution in [0.15, 0.2) is 36.5 Å². The van der Waals surface area contributed by atoms with Gasteiger partial charge in [-0.1, -0.05) is 23.7 Å². The van der Waals surface area contributed by atoms with Crippen LogP contribution in [0.4, 0.5) is 11.8 Å². The van der Waals surface area contributed by atoms with Gasteiger partial charge in [0, 0.05) is 30.9 Å². The maximum Gasteiger partial charge on any atom is 0.224 e. The van der Waals surface area contributed by atoms with Crippen molar-refractivity contribution in [3.63, 3.8) is 0 Å². The van der Waals surface area contributed by atoms with Gasteiger partial charge in [-0.2, -0.15) is 4.98 Å². The largest absolute Gasteiger partial charge is 0.369 e. The Morgan fingerprint density at radius 1 is 1.05 bits per heavy atom. The molecule has 1 aromatic carbocycles. The van der Waals surface area contributed by atoms with E-state index < -0.39 is 0 Å². The van der Waals surface area contributed by atoms with Crippen molar-refractivity contribution in [2.45, 2.75) is 6.42 Å². The van der Waals surface area contributed by atoms with Crippen LogP contribution in [0.1, 0.15) is 5.56 Å². The molecule has 6 heteroatoms. The molecule has 0 aliphatic rings. The van der Waals surface area contributed by atoms with Crippen molar-refractivity contribution < 1.29 is 0 Å². The van der Waals surface area contributed by atoms with Crippen LogP contribution in [0.5, 0.6) is 0 Å². The lowest BCUT2D eigenvalue weighted by Gasteiger charge is -2.11. The molecule has 5 nitrogen and oxygen atoms in total. The fraction of sp³-hybridized carbons (Fsp3) is 0.375. The third-order valence-corrected chi connectivity index (χ3v) is 3.38. The molecule has 2 aromatic rings. The van der Waals surface area contributed by atoms with Gasteiger partial charge in [0.05, 0.1) is 0 Å². The zero-order valence-corrected chi connectivity index (χ0v) is 13.8. The number of anilines is 2. The molecule has 1 heterocycles. The lowest BCUT2D eigenvalue weighted by atomic mass is 10.1. The number of likely N-dealkylation sites (N-methyl/N-ethyl adjacent to an activating group) is 1. The van der Waals surface area contributed by atoms with E-state index in [4.69, 9.17) is 11.6 Å². The van der Waals surface area contributed by atoms with E-state index in [2.05, 4.69) is 25.5 Å². The van der Waals surface area contributed by atoms with Gasteiger partial charge in [-0.15, -0.1) is 0 Å². The smallest absolute Gasteiger partial charge is 0.224 e. The average Bonchev–Trinajstić information content (AvgIpc) is 2.49. The normalized spacial score (nSPS) is 10.7. The van der Waals surface area contributed by atoms with Gasteiger partial charge < -0.3 is 15.5 Å². The summed E-state index contributed by atoms with van der Waals surface area (Å²) in [6.45, 7) is 2.60. The fourth-order valence-corrected chi connectivity index (χ4v) is 2.05. The van der Waals surface area contributed by atoms with Crippen molar-refractivity contribution in [3.05, 3.63) is 47.1 Å². The Labute approximate surface area is 136 Å². The van der Waals surface area contributed by atoms with Crippen molar-refractivity contribution in [1.29, 1.82) is 0 Å². The summed E-state index contributed by atoms with van der Waals surface area (Å²) in [4.78, 5) is 10.8. The molecule has 2 N–H and O–H groups in total. The SMILES string of the molecule is CN(C)CCNc1ccnc(NCCc2ccc(Cl)cc2)n1. The van der Waals surface area contributed by atoms with E-state index in [0.29, 0.717) is 5.95 Å². The Hall–Kier alpha value is -1.85. The molecule has 118 valence electrons. The standard InChI is InChI=1S/C16H22ClN5/c1-22(2)12-11-18-15-8-10-20-16(21-15)19-9-7-13-3-5-14(17)6-4-13/h3-6,8,10H,7,9,11-12H2,1-2H3,(H2,18,19,20,21). The maximum atomic E-state index is 5.87. The molecule has 0 spiro atoms. The molecule has 0 bridgehead atoms. The number of nitrogens with one attached hydrogen (secondary N) is 2. The van der Waals surface area contributed by atoms with E-state index in [1.165, 1.54) is 5.56 Å². The monoisotopic (exact) mass is 319 g/mol. The molecule has 0 aliphatic carbocycles. The van der Waals surface area contributed by atoms with E-state index in [0.717, 1.165) is 36.9 Å². The first kappa shape index (κ1) is 16.5. The third-order valence-electron chi connectivity index (χ3n) is 3.13. The number of aromatic nitrogens is 2. The number of hydrogen-bond acceptors (Lipinski definition) is 5. The Bertz CT molecular complexity index is 571. The number of nitrogens with zero attached hydrogens (tertiary/aromatic N) is 3. The molecule has 0 unspecified atom stereocenters. The summed E-state index contributed by atoms with van der Waals surface area (Å²) < 4.78 is 0. The van der Waals surface area contributed by atoms with Gasteiger partial charge in [-0.25, -0.2) is 4.98 Å². The first-order chi connectivity index (χ1) is 10.6. The second-order valence-corrected chi connectivity index (χ2v) is 5.74. The highest BCUT2D eigenvalue weighted by molar-refractivity contribution is 6.30. The van der Waals surface area contributed by atoms with Crippen LogP contribution in [0.2, 0.25) is 5.02 Å². The van der Waals surface area contributed by atoms with Gasteiger partial charge in [0.15, 0.2) is 0 Å². The summed E-state index contributed by atoms with van der Waals surface area (Å²) in [7, 11) is 4.09. The second kappa shape index (κ2) is 8.56. The summed E-state index contributed by atoms with van der Waals surface area (Å²) in [5.74, 6) is 1.48. The highest BCUT2D eigenvalue weighted by atomic mass is 35.5. The van der Waals surface area contributed by atoms with Gasteiger partial charge >= 0.3 is 0 Å². The predicted molar refractivity (Wildman–Crippen MR) is 92.7 cm³/mol. The molecule has 0 aliphatic heterocycles. The van der Waals surface area contributed by atoms with Crippen molar-refractivity contribution >= 4 is 23.4 Å². The van der Waals surface area contributed by atoms with Gasteiger partial charge in [-0.05, 0) is 44.3 Å². The van der Waals surface area contributed by atoms with E-state index in [9.17, 15) is 0 Å². The number of rotatable bonds is 8. The van der Waals surface area contributed by atoms with Crippen LogP contribution >= 0.6 is 11.6 Å². The van der Waals surface area contributed by atoms with Crippen molar-refractivity contribution in [3.8, 4) is 0 Å². The van der Waals surface area contributed by atoms with E-state index in [1.807, 2.05) is 44.4 Å². The lowest BCUT2D eigenvalue weighted by molar-refractivity contribution is 0.425. The van der Waals surface area contributed by atoms with Crippen LogP contribution in [0.25, 0.3) is 0 Å². The van der Waals surface area contributed by atoms with Gasteiger partial charge in [-0.3, -0.25) is 0 Å².